The molecule has 1 aromatic heterocycles. The van der Waals surface area contributed by atoms with Crippen molar-refractivity contribution >= 4 is 12.0 Å². The van der Waals surface area contributed by atoms with Crippen molar-refractivity contribution < 1.29 is 48.6 Å². The molecular weight excluding hydrogens is 440 g/mol. The van der Waals surface area contributed by atoms with Crippen molar-refractivity contribution in [3.05, 3.63) is 58.2 Å². The first-order valence-electron chi connectivity index (χ1n) is 9.87. The molecule has 2 heterocycles. The van der Waals surface area contributed by atoms with Gasteiger partial charge < -0.3 is 43.8 Å². The number of methoxy groups -OCH3 is 1. The van der Waals surface area contributed by atoms with E-state index in [9.17, 15) is 30.0 Å². The molecular formula is C22H24O11. The van der Waals surface area contributed by atoms with Crippen LogP contribution in [0.4, 0.5) is 0 Å². The van der Waals surface area contributed by atoms with Crippen LogP contribution in [0.5, 0.6) is 17.2 Å². The van der Waals surface area contributed by atoms with E-state index in [1.165, 1.54) is 38.5 Å². The van der Waals surface area contributed by atoms with Gasteiger partial charge in [-0.05, 0) is 30.7 Å². The van der Waals surface area contributed by atoms with Gasteiger partial charge in [0.2, 0.25) is 17.5 Å². The fraction of sp³-hybridized carbons (Fsp3) is 0.364. The monoisotopic (exact) mass is 464 g/mol. The Balaban J connectivity index is 1.63. The van der Waals surface area contributed by atoms with E-state index in [4.69, 9.17) is 23.4 Å². The van der Waals surface area contributed by atoms with Gasteiger partial charge in [-0.25, -0.2) is 4.79 Å². The quantitative estimate of drug-likeness (QED) is 0.324. The molecule has 0 bridgehead atoms. The number of carbonyl (C=O) groups excluding carboxylic acids is 1. The molecule has 0 radical (unpaired) electrons. The Morgan fingerprint density at radius 2 is 1.91 bits per heavy atom. The van der Waals surface area contributed by atoms with E-state index >= 15 is 0 Å². The van der Waals surface area contributed by atoms with E-state index in [0.717, 1.165) is 12.1 Å². The molecule has 1 fully saturated rings. The van der Waals surface area contributed by atoms with Gasteiger partial charge in [0.1, 0.15) is 36.8 Å². The van der Waals surface area contributed by atoms with Crippen molar-refractivity contribution in [3.8, 4) is 17.2 Å². The van der Waals surface area contributed by atoms with Gasteiger partial charge in [0.15, 0.2) is 11.5 Å². The lowest BCUT2D eigenvalue weighted by Gasteiger charge is -2.39. The molecule has 0 aliphatic carbocycles. The molecule has 178 valence electrons. The largest absolute Gasteiger partial charge is 0.504 e. The van der Waals surface area contributed by atoms with Gasteiger partial charge in [0.05, 0.1) is 13.4 Å². The highest BCUT2D eigenvalue weighted by Crippen LogP contribution is 2.27. The number of phenols is 1. The van der Waals surface area contributed by atoms with Crippen LogP contribution in [0.15, 0.2) is 45.8 Å². The first-order valence-corrected chi connectivity index (χ1v) is 9.87. The highest BCUT2D eigenvalue weighted by Gasteiger charge is 2.45. The highest BCUT2D eigenvalue weighted by atomic mass is 16.7. The molecule has 11 nitrogen and oxygen atoms in total. The molecule has 1 saturated heterocycles. The number of hydrogen-bond donors (Lipinski definition) is 4. The molecule has 1 aliphatic heterocycles. The number of phenolic OH excluding ortho intramolecular Hbond substituents is 1. The Bertz CT molecular complexity index is 1060. The minimum Gasteiger partial charge on any atom is -0.504 e. The molecule has 1 aromatic carbocycles. The Morgan fingerprint density at radius 3 is 2.61 bits per heavy atom. The first-order chi connectivity index (χ1) is 15.7. The van der Waals surface area contributed by atoms with E-state index in [1.54, 1.807) is 6.07 Å². The third kappa shape index (κ3) is 5.71. The maximum atomic E-state index is 12.1. The lowest BCUT2D eigenvalue weighted by Crippen LogP contribution is -2.60. The third-order valence-electron chi connectivity index (χ3n) is 4.92. The number of aliphatic hydroxyl groups is 3. The van der Waals surface area contributed by atoms with Gasteiger partial charge in [-0.2, -0.15) is 0 Å². The van der Waals surface area contributed by atoms with Gasteiger partial charge in [-0.3, -0.25) is 4.79 Å². The van der Waals surface area contributed by atoms with E-state index < -0.39 is 48.7 Å². The molecule has 0 saturated carbocycles. The number of rotatable bonds is 7. The van der Waals surface area contributed by atoms with Gasteiger partial charge in [0.25, 0.3) is 0 Å². The molecule has 0 amide bonds. The van der Waals surface area contributed by atoms with Crippen molar-refractivity contribution in [1.29, 1.82) is 0 Å². The van der Waals surface area contributed by atoms with Crippen LogP contribution in [0.2, 0.25) is 0 Å². The van der Waals surface area contributed by atoms with Gasteiger partial charge in [-0.1, -0.05) is 6.07 Å². The minimum atomic E-state index is -1.69. The Morgan fingerprint density at radius 1 is 1.15 bits per heavy atom. The van der Waals surface area contributed by atoms with Crippen molar-refractivity contribution in [2.75, 3.05) is 13.7 Å². The van der Waals surface area contributed by atoms with Crippen molar-refractivity contribution in [2.24, 2.45) is 0 Å². The number of esters is 1. The van der Waals surface area contributed by atoms with Crippen LogP contribution in [0.3, 0.4) is 0 Å². The van der Waals surface area contributed by atoms with Gasteiger partial charge in [0, 0.05) is 12.1 Å². The molecule has 4 N–H and O–H groups in total. The molecule has 0 spiro atoms. The average Bonchev–Trinajstić information content (AvgIpc) is 2.80. The number of hydrogen-bond acceptors (Lipinski definition) is 11. The number of carbonyl (C=O) groups is 1. The predicted octanol–water partition coefficient (Wildman–Crippen LogP) is 0.105. The summed E-state index contributed by atoms with van der Waals surface area (Å²) < 4.78 is 26.0. The summed E-state index contributed by atoms with van der Waals surface area (Å²) in [6.07, 6.45) is -4.05. The zero-order valence-corrected chi connectivity index (χ0v) is 17.8. The van der Waals surface area contributed by atoms with Crippen LogP contribution in [-0.4, -0.2) is 70.8 Å². The zero-order chi connectivity index (χ0) is 24.1. The van der Waals surface area contributed by atoms with Crippen LogP contribution in [-0.2, 0) is 14.3 Å². The standard InChI is InChI=1S/C22H24O11/c1-11-21(14(24)7-8-30-11)33-22-20(28)19(27)18(26)16(32-22)10-31-17(25)6-4-12-3-5-13(23)15(9-12)29-2/h3-9,16,18-20,22-23,26-28H,10H2,1-2H3/b6-4+/t16-,18-,19+,20-,22+/m1/s1. The molecule has 0 unspecified atom stereocenters. The Hall–Kier alpha value is -3.38. The molecule has 33 heavy (non-hydrogen) atoms. The van der Waals surface area contributed by atoms with Crippen molar-refractivity contribution in [3.63, 3.8) is 0 Å². The van der Waals surface area contributed by atoms with E-state index in [-0.39, 0.29) is 23.0 Å². The van der Waals surface area contributed by atoms with E-state index in [2.05, 4.69) is 0 Å². The zero-order valence-electron chi connectivity index (χ0n) is 17.8. The van der Waals surface area contributed by atoms with E-state index in [0.29, 0.717) is 5.56 Å². The van der Waals surface area contributed by atoms with Gasteiger partial charge >= 0.3 is 5.97 Å². The summed E-state index contributed by atoms with van der Waals surface area (Å²) in [6, 6.07) is 5.57. The predicted molar refractivity (Wildman–Crippen MR) is 112 cm³/mol. The SMILES string of the molecule is COc1cc(/C=C/C(=O)OC[C@H]2O[C@@H](Oc3c(C)occc3=O)[C@H](O)[C@@H](O)[C@@H]2O)ccc1O. The summed E-state index contributed by atoms with van der Waals surface area (Å²) in [4.78, 5) is 24.0. The number of aliphatic hydroxyl groups excluding tert-OH is 3. The fourth-order valence-corrected chi connectivity index (χ4v) is 3.08. The number of ether oxygens (including phenoxy) is 4. The smallest absolute Gasteiger partial charge is 0.330 e. The third-order valence-corrected chi connectivity index (χ3v) is 4.92. The molecule has 11 heteroatoms. The lowest BCUT2D eigenvalue weighted by molar-refractivity contribution is -0.278. The van der Waals surface area contributed by atoms with E-state index in [1.807, 2.05) is 0 Å². The number of aromatic hydroxyl groups is 1. The summed E-state index contributed by atoms with van der Waals surface area (Å²) in [5.74, 6) is -0.714. The van der Waals surface area contributed by atoms with Crippen LogP contribution in [0.1, 0.15) is 11.3 Å². The van der Waals surface area contributed by atoms with Crippen LogP contribution >= 0.6 is 0 Å². The summed E-state index contributed by atoms with van der Waals surface area (Å²) in [5, 5.41) is 40.1. The summed E-state index contributed by atoms with van der Waals surface area (Å²) in [6.45, 7) is 0.988. The maximum absolute atomic E-state index is 12.1. The molecule has 5 atom stereocenters. The van der Waals surface area contributed by atoms with Crippen molar-refractivity contribution in [2.45, 2.75) is 37.6 Å². The first kappa shape index (κ1) is 24.3. The topological polar surface area (TPSA) is 165 Å². The minimum absolute atomic E-state index is 0.0540. The second-order valence-corrected chi connectivity index (χ2v) is 7.20. The highest BCUT2D eigenvalue weighted by molar-refractivity contribution is 5.87. The maximum Gasteiger partial charge on any atom is 0.330 e. The summed E-state index contributed by atoms with van der Waals surface area (Å²) in [5.41, 5.74) is 0.0220. The van der Waals surface area contributed by atoms with Crippen LogP contribution in [0.25, 0.3) is 6.08 Å². The van der Waals surface area contributed by atoms with Crippen LogP contribution in [0, 0.1) is 6.92 Å². The molecule has 2 aromatic rings. The molecule has 3 rings (SSSR count). The molecule has 1 aliphatic rings. The number of aryl methyl sites for hydroxylation is 1. The fourth-order valence-electron chi connectivity index (χ4n) is 3.08. The Kier molecular flexibility index (Phi) is 7.71. The van der Waals surface area contributed by atoms with Gasteiger partial charge in [-0.15, -0.1) is 0 Å². The normalized spacial score (nSPS) is 25.1. The second-order valence-electron chi connectivity index (χ2n) is 7.20. The summed E-state index contributed by atoms with van der Waals surface area (Å²) in [7, 11) is 1.39. The average molecular weight is 464 g/mol. The van der Waals surface area contributed by atoms with Crippen molar-refractivity contribution in [1.82, 2.24) is 0 Å². The Labute approximate surface area is 188 Å². The lowest BCUT2D eigenvalue weighted by atomic mass is 9.99. The second kappa shape index (κ2) is 10.5. The number of benzene rings is 1. The summed E-state index contributed by atoms with van der Waals surface area (Å²) >= 11 is 0. The van der Waals surface area contributed by atoms with Crippen LogP contribution < -0.4 is 14.9 Å².